The van der Waals surface area contributed by atoms with Crippen molar-refractivity contribution in [3.05, 3.63) is 29.3 Å². The molecular weight excluding hydrogens is 214 g/mol. The van der Waals surface area contributed by atoms with E-state index in [1.807, 2.05) is 0 Å². The van der Waals surface area contributed by atoms with Crippen LogP contribution < -0.4 is 4.90 Å². The maximum Gasteiger partial charge on any atom is 0.303 e. The van der Waals surface area contributed by atoms with E-state index >= 15 is 0 Å². The van der Waals surface area contributed by atoms with Crippen molar-refractivity contribution in [3.63, 3.8) is 0 Å². The number of benzene rings is 1. The second-order valence-electron chi connectivity index (χ2n) is 4.72. The SMILES string of the molecule is CCc1ccc2c(c1)CC(CCC(=O)O)N2C. The van der Waals surface area contributed by atoms with Crippen molar-refractivity contribution in [2.24, 2.45) is 0 Å². The Balaban J connectivity index is 2.11. The Hall–Kier alpha value is -1.51. The van der Waals surface area contributed by atoms with E-state index in [2.05, 4.69) is 37.1 Å². The van der Waals surface area contributed by atoms with Gasteiger partial charge < -0.3 is 10.0 Å². The summed E-state index contributed by atoms with van der Waals surface area (Å²) in [4.78, 5) is 12.8. The molecule has 1 aromatic rings. The van der Waals surface area contributed by atoms with Crippen LogP contribution in [-0.4, -0.2) is 24.2 Å². The molecule has 1 heterocycles. The standard InChI is InChI=1S/C14H19NO2/c1-3-10-4-6-13-11(8-10)9-12(15(13)2)5-7-14(16)17/h4,6,8,12H,3,5,7,9H2,1-2H3,(H,16,17). The fourth-order valence-corrected chi connectivity index (χ4v) is 2.54. The molecule has 0 spiro atoms. The molecule has 0 saturated heterocycles. The molecule has 92 valence electrons. The maximum atomic E-state index is 10.6. The molecule has 17 heavy (non-hydrogen) atoms. The van der Waals surface area contributed by atoms with Gasteiger partial charge in [-0.25, -0.2) is 0 Å². The Morgan fingerprint density at radius 1 is 1.53 bits per heavy atom. The normalized spacial score (nSPS) is 18.2. The first-order chi connectivity index (χ1) is 8.11. The average molecular weight is 233 g/mol. The lowest BCUT2D eigenvalue weighted by Gasteiger charge is -2.21. The van der Waals surface area contributed by atoms with Gasteiger partial charge in [0.15, 0.2) is 0 Å². The van der Waals surface area contributed by atoms with E-state index < -0.39 is 5.97 Å². The lowest BCUT2D eigenvalue weighted by atomic mass is 10.0. The molecule has 3 heteroatoms. The molecule has 0 radical (unpaired) electrons. The summed E-state index contributed by atoms with van der Waals surface area (Å²) < 4.78 is 0. The van der Waals surface area contributed by atoms with E-state index in [0.29, 0.717) is 6.04 Å². The average Bonchev–Trinajstić information content (AvgIpc) is 2.63. The van der Waals surface area contributed by atoms with Gasteiger partial charge >= 0.3 is 5.97 Å². The van der Waals surface area contributed by atoms with Gasteiger partial charge in [-0.1, -0.05) is 19.1 Å². The van der Waals surface area contributed by atoms with Gasteiger partial charge in [0.25, 0.3) is 0 Å². The number of nitrogens with zero attached hydrogens (tertiary/aromatic N) is 1. The molecule has 1 aliphatic heterocycles. The highest BCUT2D eigenvalue weighted by atomic mass is 16.4. The van der Waals surface area contributed by atoms with E-state index in [-0.39, 0.29) is 6.42 Å². The van der Waals surface area contributed by atoms with E-state index in [1.165, 1.54) is 16.8 Å². The first-order valence-electron chi connectivity index (χ1n) is 6.18. The highest BCUT2D eigenvalue weighted by Gasteiger charge is 2.26. The molecule has 1 atom stereocenters. The molecule has 1 unspecified atom stereocenters. The number of likely N-dealkylation sites (N-methyl/N-ethyl adjacent to an activating group) is 1. The number of aryl methyl sites for hydroxylation is 1. The van der Waals surface area contributed by atoms with Gasteiger partial charge in [-0.3, -0.25) is 4.79 Å². The van der Waals surface area contributed by atoms with Gasteiger partial charge in [0.2, 0.25) is 0 Å². The summed E-state index contributed by atoms with van der Waals surface area (Å²) >= 11 is 0. The topological polar surface area (TPSA) is 40.5 Å². The van der Waals surface area contributed by atoms with Gasteiger partial charge in [0.1, 0.15) is 0 Å². The third kappa shape index (κ3) is 2.43. The minimum absolute atomic E-state index is 0.254. The van der Waals surface area contributed by atoms with Crippen LogP contribution >= 0.6 is 0 Å². The van der Waals surface area contributed by atoms with Crippen LogP contribution in [0, 0.1) is 0 Å². The first-order valence-corrected chi connectivity index (χ1v) is 6.18. The number of carboxylic acid groups (broad SMARTS) is 1. The molecule has 0 bridgehead atoms. The molecule has 1 N–H and O–H groups in total. The van der Waals surface area contributed by atoms with Gasteiger partial charge in [0, 0.05) is 25.2 Å². The number of carboxylic acids is 1. The van der Waals surface area contributed by atoms with E-state index in [4.69, 9.17) is 5.11 Å². The summed E-state index contributed by atoms with van der Waals surface area (Å²) in [5, 5.41) is 8.74. The second-order valence-corrected chi connectivity index (χ2v) is 4.72. The largest absolute Gasteiger partial charge is 0.481 e. The molecule has 3 nitrogen and oxygen atoms in total. The molecule has 1 aliphatic rings. The number of carbonyl (C=O) groups is 1. The van der Waals surface area contributed by atoms with Crippen molar-refractivity contribution in [3.8, 4) is 0 Å². The zero-order valence-corrected chi connectivity index (χ0v) is 10.4. The van der Waals surface area contributed by atoms with Gasteiger partial charge in [-0.2, -0.15) is 0 Å². The van der Waals surface area contributed by atoms with E-state index in [9.17, 15) is 4.79 Å². The number of fused-ring (bicyclic) bond motifs is 1. The Labute approximate surface area is 102 Å². The monoisotopic (exact) mass is 233 g/mol. The summed E-state index contributed by atoms with van der Waals surface area (Å²) in [7, 11) is 2.06. The lowest BCUT2D eigenvalue weighted by Crippen LogP contribution is -2.28. The number of anilines is 1. The molecule has 0 amide bonds. The van der Waals surface area contributed by atoms with Gasteiger partial charge in [0.05, 0.1) is 0 Å². The van der Waals surface area contributed by atoms with Crippen molar-refractivity contribution in [1.82, 2.24) is 0 Å². The minimum Gasteiger partial charge on any atom is -0.481 e. The molecule has 0 aliphatic carbocycles. The maximum absolute atomic E-state index is 10.6. The summed E-state index contributed by atoms with van der Waals surface area (Å²) in [5.41, 5.74) is 3.98. The Morgan fingerprint density at radius 3 is 2.94 bits per heavy atom. The predicted octanol–water partition coefficient (Wildman–Crippen LogP) is 2.47. The van der Waals surface area contributed by atoms with Crippen LogP contribution in [0.5, 0.6) is 0 Å². The summed E-state index contributed by atoms with van der Waals surface area (Å²) in [6.45, 7) is 2.16. The van der Waals surface area contributed by atoms with Gasteiger partial charge in [-0.05, 0) is 36.5 Å². The predicted molar refractivity (Wildman–Crippen MR) is 68.6 cm³/mol. The Morgan fingerprint density at radius 2 is 2.29 bits per heavy atom. The smallest absolute Gasteiger partial charge is 0.303 e. The number of hydrogen-bond acceptors (Lipinski definition) is 2. The van der Waals surface area contributed by atoms with Crippen LogP contribution in [0.3, 0.4) is 0 Å². The third-order valence-electron chi connectivity index (χ3n) is 3.63. The van der Waals surface area contributed by atoms with Crippen LogP contribution in [0.15, 0.2) is 18.2 Å². The van der Waals surface area contributed by atoms with Crippen LogP contribution in [0.2, 0.25) is 0 Å². The molecule has 0 saturated carbocycles. The van der Waals surface area contributed by atoms with E-state index in [0.717, 1.165) is 19.3 Å². The first kappa shape index (κ1) is 12.0. The van der Waals surface area contributed by atoms with Crippen LogP contribution in [-0.2, 0) is 17.6 Å². The highest BCUT2D eigenvalue weighted by Crippen LogP contribution is 2.33. The van der Waals surface area contributed by atoms with Crippen LogP contribution in [0.1, 0.15) is 30.9 Å². The summed E-state index contributed by atoms with van der Waals surface area (Å²) in [6, 6.07) is 6.92. The lowest BCUT2D eigenvalue weighted by molar-refractivity contribution is -0.137. The zero-order valence-electron chi connectivity index (χ0n) is 10.4. The zero-order chi connectivity index (χ0) is 12.4. The van der Waals surface area contributed by atoms with Crippen molar-refractivity contribution in [1.29, 1.82) is 0 Å². The minimum atomic E-state index is -0.705. The highest BCUT2D eigenvalue weighted by molar-refractivity contribution is 5.67. The van der Waals surface area contributed by atoms with Crippen LogP contribution in [0.25, 0.3) is 0 Å². The van der Waals surface area contributed by atoms with Crippen molar-refractivity contribution >= 4 is 11.7 Å². The molecular formula is C14H19NO2. The van der Waals surface area contributed by atoms with E-state index in [1.54, 1.807) is 0 Å². The molecule has 1 aromatic carbocycles. The van der Waals surface area contributed by atoms with Crippen LogP contribution in [0.4, 0.5) is 5.69 Å². The van der Waals surface area contributed by atoms with Crippen molar-refractivity contribution in [2.75, 3.05) is 11.9 Å². The fraction of sp³-hybridized carbons (Fsp3) is 0.500. The summed E-state index contributed by atoms with van der Waals surface area (Å²) in [5.74, 6) is -0.705. The third-order valence-corrected chi connectivity index (χ3v) is 3.63. The van der Waals surface area contributed by atoms with Crippen molar-refractivity contribution < 1.29 is 9.90 Å². The summed E-state index contributed by atoms with van der Waals surface area (Å²) in [6.07, 6.45) is 3.01. The number of rotatable bonds is 4. The van der Waals surface area contributed by atoms with Gasteiger partial charge in [-0.15, -0.1) is 0 Å². The quantitative estimate of drug-likeness (QED) is 0.868. The fourth-order valence-electron chi connectivity index (χ4n) is 2.54. The number of hydrogen-bond donors (Lipinski definition) is 1. The molecule has 0 aromatic heterocycles. The Kier molecular flexibility index (Phi) is 3.36. The second kappa shape index (κ2) is 4.78. The van der Waals surface area contributed by atoms with Crippen molar-refractivity contribution in [2.45, 2.75) is 38.6 Å². The number of aliphatic carboxylic acids is 1. The molecule has 2 rings (SSSR count). The Bertz CT molecular complexity index is 428. The molecule has 0 fully saturated rings.